The van der Waals surface area contributed by atoms with Gasteiger partial charge in [-0.2, -0.15) is 0 Å². The molecule has 2 amide bonds. The highest BCUT2D eigenvalue weighted by Crippen LogP contribution is 2.14. The van der Waals surface area contributed by atoms with Gasteiger partial charge in [-0.05, 0) is 24.5 Å². The highest BCUT2D eigenvalue weighted by Gasteiger charge is 2.20. The summed E-state index contributed by atoms with van der Waals surface area (Å²) in [7, 11) is 0. The minimum absolute atomic E-state index is 0.0262. The van der Waals surface area contributed by atoms with Crippen LogP contribution in [0.15, 0.2) is 24.3 Å². The fourth-order valence-corrected chi connectivity index (χ4v) is 2.44. The maximum absolute atomic E-state index is 11.9. The SMILES string of the molecule is CC(N)C(C)C(=O)NCc1ccc(CN2CCCC2=O)cc1. The van der Waals surface area contributed by atoms with Gasteiger partial charge in [-0.1, -0.05) is 31.2 Å². The molecule has 1 heterocycles. The summed E-state index contributed by atoms with van der Waals surface area (Å²) >= 11 is 0. The summed E-state index contributed by atoms with van der Waals surface area (Å²) in [5.74, 6) is 0.0171. The molecular formula is C17H25N3O2. The Labute approximate surface area is 131 Å². The lowest BCUT2D eigenvalue weighted by molar-refractivity contribution is -0.128. The summed E-state index contributed by atoms with van der Waals surface area (Å²) in [5.41, 5.74) is 7.88. The van der Waals surface area contributed by atoms with Gasteiger partial charge in [-0.15, -0.1) is 0 Å². The molecule has 1 aliphatic heterocycles. The molecule has 1 saturated heterocycles. The molecule has 2 unspecified atom stereocenters. The number of benzene rings is 1. The Morgan fingerprint density at radius 1 is 1.27 bits per heavy atom. The van der Waals surface area contributed by atoms with Gasteiger partial charge in [0.15, 0.2) is 0 Å². The lowest BCUT2D eigenvalue weighted by Crippen LogP contribution is -2.38. The molecule has 0 bridgehead atoms. The highest BCUT2D eigenvalue weighted by molar-refractivity contribution is 5.79. The Morgan fingerprint density at radius 2 is 1.91 bits per heavy atom. The fraction of sp³-hybridized carbons (Fsp3) is 0.529. The smallest absolute Gasteiger partial charge is 0.224 e. The number of likely N-dealkylation sites (tertiary alicyclic amines) is 1. The van der Waals surface area contributed by atoms with Gasteiger partial charge in [-0.25, -0.2) is 0 Å². The van der Waals surface area contributed by atoms with Gasteiger partial charge >= 0.3 is 0 Å². The Kier molecular flexibility index (Phi) is 5.55. The number of amides is 2. The van der Waals surface area contributed by atoms with E-state index in [0.29, 0.717) is 19.5 Å². The number of rotatable bonds is 6. The number of nitrogens with zero attached hydrogens (tertiary/aromatic N) is 1. The second-order valence-corrected chi connectivity index (χ2v) is 6.10. The Hall–Kier alpha value is -1.88. The summed E-state index contributed by atoms with van der Waals surface area (Å²) in [5, 5.41) is 2.90. The molecule has 1 fully saturated rings. The molecule has 22 heavy (non-hydrogen) atoms. The number of nitrogens with one attached hydrogen (secondary N) is 1. The van der Waals surface area contributed by atoms with Crippen molar-refractivity contribution in [3.8, 4) is 0 Å². The second-order valence-electron chi connectivity index (χ2n) is 6.10. The molecule has 0 saturated carbocycles. The fourth-order valence-electron chi connectivity index (χ4n) is 2.44. The van der Waals surface area contributed by atoms with Crippen LogP contribution in [0.25, 0.3) is 0 Å². The highest BCUT2D eigenvalue weighted by atomic mass is 16.2. The maximum atomic E-state index is 11.9. The minimum atomic E-state index is -0.194. The first-order valence-electron chi connectivity index (χ1n) is 7.86. The average molecular weight is 303 g/mol. The predicted molar refractivity (Wildman–Crippen MR) is 85.8 cm³/mol. The summed E-state index contributed by atoms with van der Waals surface area (Å²) in [6, 6.07) is 7.86. The van der Waals surface area contributed by atoms with E-state index in [1.807, 2.05) is 43.0 Å². The predicted octanol–water partition coefficient (Wildman–Crippen LogP) is 1.41. The van der Waals surface area contributed by atoms with Gasteiger partial charge < -0.3 is 16.0 Å². The molecule has 2 atom stereocenters. The van der Waals surface area contributed by atoms with E-state index in [4.69, 9.17) is 5.73 Å². The number of nitrogens with two attached hydrogens (primary N) is 1. The maximum Gasteiger partial charge on any atom is 0.224 e. The molecule has 2 rings (SSSR count). The molecule has 1 aliphatic rings. The molecule has 1 aromatic carbocycles. The first kappa shape index (κ1) is 16.5. The molecule has 1 aromatic rings. The standard InChI is InChI=1S/C17H25N3O2/c1-12(13(2)18)17(22)19-10-14-5-7-15(8-6-14)11-20-9-3-4-16(20)21/h5-8,12-13H,3-4,9-11,18H2,1-2H3,(H,19,22). The van der Waals surface area contributed by atoms with Crippen molar-refractivity contribution in [2.24, 2.45) is 11.7 Å². The van der Waals surface area contributed by atoms with Crippen molar-refractivity contribution in [2.45, 2.75) is 45.8 Å². The van der Waals surface area contributed by atoms with Gasteiger partial charge in [0, 0.05) is 38.0 Å². The van der Waals surface area contributed by atoms with Crippen molar-refractivity contribution < 1.29 is 9.59 Å². The van der Waals surface area contributed by atoms with E-state index in [1.54, 1.807) is 0 Å². The molecule has 0 aromatic heterocycles. The van der Waals surface area contributed by atoms with E-state index in [2.05, 4.69) is 5.32 Å². The third-order valence-electron chi connectivity index (χ3n) is 4.24. The van der Waals surface area contributed by atoms with Crippen LogP contribution in [0.4, 0.5) is 0 Å². The summed E-state index contributed by atoms with van der Waals surface area (Å²) < 4.78 is 0. The van der Waals surface area contributed by atoms with Crippen molar-refractivity contribution in [3.63, 3.8) is 0 Å². The van der Waals surface area contributed by atoms with Crippen molar-refractivity contribution in [1.29, 1.82) is 0 Å². The van der Waals surface area contributed by atoms with Crippen molar-refractivity contribution in [1.82, 2.24) is 10.2 Å². The molecule has 0 aliphatic carbocycles. The van der Waals surface area contributed by atoms with Crippen LogP contribution in [0, 0.1) is 5.92 Å². The Bertz CT molecular complexity index is 525. The molecule has 5 heteroatoms. The first-order chi connectivity index (χ1) is 10.5. The largest absolute Gasteiger partial charge is 0.352 e. The number of carbonyl (C=O) groups is 2. The van der Waals surface area contributed by atoms with E-state index < -0.39 is 0 Å². The number of hydrogen-bond donors (Lipinski definition) is 2. The van der Waals surface area contributed by atoms with Crippen LogP contribution in [-0.2, 0) is 22.7 Å². The molecule has 0 radical (unpaired) electrons. The van der Waals surface area contributed by atoms with Crippen molar-refractivity contribution >= 4 is 11.8 Å². The molecule has 120 valence electrons. The van der Waals surface area contributed by atoms with E-state index in [0.717, 1.165) is 24.1 Å². The van der Waals surface area contributed by atoms with Crippen molar-refractivity contribution in [3.05, 3.63) is 35.4 Å². The van der Waals surface area contributed by atoms with Crippen LogP contribution in [0.1, 0.15) is 37.8 Å². The Morgan fingerprint density at radius 3 is 2.45 bits per heavy atom. The van der Waals surface area contributed by atoms with Gasteiger partial charge in [0.05, 0.1) is 0 Å². The summed E-state index contributed by atoms with van der Waals surface area (Å²) in [4.78, 5) is 25.4. The van der Waals surface area contributed by atoms with Crippen molar-refractivity contribution in [2.75, 3.05) is 6.54 Å². The summed E-state index contributed by atoms with van der Waals surface area (Å²) in [6.45, 7) is 5.69. The third kappa shape index (κ3) is 4.31. The van der Waals surface area contributed by atoms with Crippen LogP contribution >= 0.6 is 0 Å². The second kappa shape index (κ2) is 7.40. The monoisotopic (exact) mass is 303 g/mol. The zero-order chi connectivity index (χ0) is 16.1. The molecule has 0 spiro atoms. The minimum Gasteiger partial charge on any atom is -0.352 e. The van der Waals surface area contributed by atoms with Crippen LogP contribution in [0.2, 0.25) is 0 Å². The molecular weight excluding hydrogens is 278 g/mol. The van der Waals surface area contributed by atoms with Gasteiger partial charge in [0.2, 0.25) is 11.8 Å². The third-order valence-corrected chi connectivity index (χ3v) is 4.24. The zero-order valence-electron chi connectivity index (χ0n) is 13.3. The van der Waals surface area contributed by atoms with Crippen LogP contribution in [0.3, 0.4) is 0 Å². The Balaban J connectivity index is 1.84. The molecule has 3 N–H and O–H groups in total. The number of hydrogen-bond acceptors (Lipinski definition) is 3. The quantitative estimate of drug-likeness (QED) is 0.834. The first-order valence-corrected chi connectivity index (χ1v) is 7.86. The lowest BCUT2D eigenvalue weighted by Gasteiger charge is -2.16. The molecule has 5 nitrogen and oxygen atoms in total. The van der Waals surface area contributed by atoms with E-state index >= 15 is 0 Å². The van der Waals surface area contributed by atoms with Gasteiger partial charge in [0.25, 0.3) is 0 Å². The van der Waals surface area contributed by atoms with Gasteiger partial charge in [0.1, 0.15) is 0 Å². The average Bonchev–Trinajstić information content (AvgIpc) is 2.90. The summed E-state index contributed by atoms with van der Waals surface area (Å²) in [6.07, 6.45) is 1.63. The van der Waals surface area contributed by atoms with E-state index in [1.165, 1.54) is 0 Å². The number of carbonyl (C=O) groups excluding carboxylic acids is 2. The van der Waals surface area contributed by atoms with Crippen LogP contribution in [-0.4, -0.2) is 29.3 Å². The van der Waals surface area contributed by atoms with E-state index in [-0.39, 0.29) is 23.8 Å². The normalized spacial score (nSPS) is 17.4. The lowest BCUT2D eigenvalue weighted by atomic mass is 10.0. The van der Waals surface area contributed by atoms with Crippen LogP contribution < -0.4 is 11.1 Å². The van der Waals surface area contributed by atoms with E-state index in [9.17, 15) is 9.59 Å². The topological polar surface area (TPSA) is 75.4 Å². The van der Waals surface area contributed by atoms with Crippen LogP contribution in [0.5, 0.6) is 0 Å². The zero-order valence-corrected chi connectivity index (χ0v) is 13.3. The van der Waals surface area contributed by atoms with Gasteiger partial charge in [-0.3, -0.25) is 9.59 Å².